The molecule has 17 nitrogen and oxygen atoms in total. The number of hydrogen-bond acceptors (Lipinski definition) is 15. The standard InChI is InChI=1S/C76H148O17P2/c1-9-69(8)55-47-39-30-26-27-33-43-51-59-76(81)93-71(62-86-73(78)56-48-40-31-24-21-20-23-29-37-45-53-67(4)5)64-90-94(82,83)88-60-70(77)61-89-95(84,85)91-65-72(63-87-74(79)57-49-41-35-34-38-46-54-68(6)7)92-75(80)58-50-42-32-25-19-17-15-13-11-10-12-14-16-18-22-28-36-44-52-66(2)3/h66-72,77H,9-65H2,1-8H3,(H,82,83)(H,84,85)/t69?,70?,71-,72-/m1/s1. The van der Waals surface area contributed by atoms with E-state index in [-0.39, 0.29) is 25.7 Å². The lowest BCUT2D eigenvalue weighted by Crippen LogP contribution is -2.30. The summed E-state index contributed by atoms with van der Waals surface area (Å²) in [4.78, 5) is 72.7. The Balaban J connectivity index is 5.18. The number of carbonyl (C=O) groups excluding carboxylic acids is 4. The summed E-state index contributed by atoms with van der Waals surface area (Å²) in [6, 6.07) is 0. The second-order valence-corrected chi connectivity index (χ2v) is 32.0. The highest BCUT2D eigenvalue weighted by molar-refractivity contribution is 7.47. The summed E-state index contributed by atoms with van der Waals surface area (Å²) in [6.45, 7) is 14.1. The van der Waals surface area contributed by atoms with E-state index in [0.717, 1.165) is 114 Å². The van der Waals surface area contributed by atoms with Gasteiger partial charge in [-0.15, -0.1) is 0 Å². The summed E-state index contributed by atoms with van der Waals surface area (Å²) in [7, 11) is -9.91. The average Bonchev–Trinajstić information content (AvgIpc) is 1.52. The number of aliphatic hydroxyl groups is 1. The second kappa shape index (κ2) is 65.4. The largest absolute Gasteiger partial charge is 0.472 e. The van der Waals surface area contributed by atoms with E-state index in [1.165, 1.54) is 180 Å². The number of rotatable bonds is 73. The van der Waals surface area contributed by atoms with Gasteiger partial charge in [0.2, 0.25) is 0 Å². The van der Waals surface area contributed by atoms with Gasteiger partial charge in [0.1, 0.15) is 19.3 Å². The molecule has 0 heterocycles. The monoisotopic (exact) mass is 1400 g/mol. The van der Waals surface area contributed by atoms with Crippen molar-refractivity contribution in [3.8, 4) is 0 Å². The predicted molar refractivity (Wildman–Crippen MR) is 386 cm³/mol. The Hall–Kier alpha value is -1.94. The van der Waals surface area contributed by atoms with Gasteiger partial charge in [-0.1, -0.05) is 331 Å². The maximum atomic E-state index is 13.1. The molecule has 0 aliphatic carbocycles. The van der Waals surface area contributed by atoms with E-state index in [0.29, 0.717) is 31.6 Å². The molecule has 3 N–H and O–H groups in total. The van der Waals surface area contributed by atoms with Gasteiger partial charge < -0.3 is 33.8 Å². The Labute approximate surface area is 581 Å². The molecule has 0 aromatic heterocycles. The fraction of sp³-hybridized carbons (Fsp3) is 0.947. The Kier molecular flexibility index (Phi) is 64.0. The normalized spacial score (nSPS) is 14.4. The summed E-state index contributed by atoms with van der Waals surface area (Å²) >= 11 is 0. The van der Waals surface area contributed by atoms with E-state index in [1.54, 1.807) is 0 Å². The van der Waals surface area contributed by atoms with Gasteiger partial charge in [-0.25, -0.2) is 9.13 Å². The van der Waals surface area contributed by atoms with E-state index in [9.17, 15) is 43.2 Å². The molecule has 0 radical (unpaired) electrons. The Bertz CT molecular complexity index is 1870. The molecule has 564 valence electrons. The molecule has 0 rings (SSSR count). The Morgan fingerprint density at radius 1 is 0.295 bits per heavy atom. The van der Waals surface area contributed by atoms with Crippen LogP contribution in [0.25, 0.3) is 0 Å². The molecule has 6 atom stereocenters. The quantitative estimate of drug-likeness (QED) is 0.0222. The molecule has 0 aromatic rings. The van der Waals surface area contributed by atoms with Crippen molar-refractivity contribution in [2.75, 3.05) is 39.6 Å². The van der Waals surface area contributed by atoms with Crippen LogP contribution in [-0.4, -0.2) is 96.7 Å². The van der Waals surface area contributed by atoms with Gasteiger partial charge >= 0.3 is 39.5 Å². The van der Waals surface area contributed by atoms with Gasteiger partial charge in [-0.3, -0.25) is 37.3 Å². The molecular weight excluding hydrogens is 1250 g/mol. The lowest BCUT2D eigenvalue weighted by Gasteiger charge is -2.21. The molecule has 0 saturated heterocycles. The number of phosphoric acid groups is 2. The lowest BCUT2D eigenvalue weighted by atomic mass is 9.99. The number of hydrogen-bond donors (Lipinski definition) is 3. The third kappa shape index (κ3) is 69.0. The zero-order valence-electron chi connectivity index (χ0n) is 62.3. The first-order valence-corrected chi connectivity index (χ1v) is 42.2. The smallest absolute Gasteiger partial charge is 0.462 e. The van der Waals surface area contributed by atoms with Crippen LogP contribution in [0.4, 0.5) is 0 Å². The van der Waals surface area contributed by atoms with Crippen molar-refractivity contribution in [1.29, 1.82) is 0 Å². The molecule has 0 bridgehead atoms. The van der Waals surface area contributed by atoms with Crippen LogP contribution in [0.15, 0.2) is 0 Å². The van der Waals surface area contributed by atoms with Crippen molar-refractivity contribution >= 4 is 39.5 Å². The van der Waals surface area contributed by atoms with Crippen molar-refractivity contribution in [3.63, 3.8) is 0 Å². The zero-order valence-corrected chi connectivity index (χ0v) is 64.1. The van der Waals surface area contributed by atoms with Crippen LogP contribution in [0.1, 0.15) is 383 Å². The zero-order chi connectivity index (χ0) is 70.3. The number of phosphoric ester groups is 2. The van der Waals surface area contributed by atoms with Crippen molar-refractivity contribution in [1.82, 2.24) is 0 Å². The molecule has 0 amide bonds. The molecule has 19 heteroatoms. The summed E-state index contributed by atoms with van der Waals surface area (Å²) < 4.78 is 68.5. The molecule has 0 aliphatic heterocycles. The van der Waals surface area contributed by atoms with Crippen LogP contribution in [0.2, 0.25) is 0 Å². The van der Waals surface area contributed by atoms with E-state index in [2.05, 4.69) is 55.4 Å². The number of unbranched alkanes of at least 4 members (excludes halogenated alkanes) is 38. The van der Waals surface area contributed by atoms with Crippen LogP contribution in [0.3, 0.4) is 0 Å². The first-order chi connectivity index (χ1) is 45.6. The molecule has 0 aliphatic rings. The number of ether oxygens (including phenoxy) is 4. The molecule has 0 aromatic carbocycles. The summed E-state index contributed by atoms with van der Waals surface area (Å²) in [5.41, 5.74) is 0. The highest BCUT2D eigenvalue weighted by Gasteiger charge is 2.30. The fourth-order valence-corrected chi connectivity index (χ4v) is 13.1. The molecule has 4 unspecified atom stereocenters. The minimum absolute atomic E-state index is 0.104. The van der Waals surface area contributed by atoms with Gasteiger partial charge in [-0.2, -0.15) is 0 Å². The Morgan fingerprint density at radius 3 is 0.747 bits per heavy atom. The summed E-state index contributed by atoms with van der Waals surface area (Å²) in [5.74, 6) is 0.903. The number of aliphatic hydroxyl groups excluding tert-OH is 1. The molecule has 0 spiro atoms. The molecule has 0 saturated carbocycles. The van der Waals surface area contributed by atoms with E-state index in [1.807, 2.05) is 0 Å². The minimum Gasteiger partial charge on any atom is -0.462 e. The van der Waals surface area contributed by atoms with Crippen LogP contribution in [0, 0.1) is 23.7 Å². The summed E-state index contributed by atoms with van der Waals surface area (Å²) in [6.07, 6.45) is 50.2. The predicted octanol–water partition coefficient (Wildman–Crippen LogP) is 22.0. The second-order valence-electron chi connectivity index (χ2n) is 29.1. The van der Waals surface area contributed by atoms with E-state index in [4.69, 9.17) is 37.0 Å². The highest BCUT2D eigenvalue weighted by Crippen LogP contribution is 2.45. The molecule has 0 fully saturated rings. The van der Waals surface area contributed by atoms with Crippen molar-refractivity contribution in [2.24, 2.45) is 23.7 Å². The summed E-state index contributed by atoms with van der Waals surface area (Å²) in [5, 5.41) is 10.6. The fourth-order valence-electron chi connectivity index (χ4n) is 11.5. The number of carbonyl (C=O) groups is 4. The van der Waals surface area contributed by atoms with Gasteiger partial charge in [0.05, 0.1) is 26.4 Å². The van der Waals surface area contributed by atoms with Gasteiger partial charge in [0, 0.05) is 25.7 Å². The van der Waals surface area contributed by atoms with Gasteiger partial charge in [-0.05, 0) is 49.4 Å². The minimum atomic E-state index is -4.96. The first-order valence-electron chi connectivity index (χ1n) is 39.2. The van der Waals surface area contributed by atoms with Crippen molar-refractivity contribution in [3.05, 3.63) is 0 Å². The van der Waals surface area contributed by atoms with Gasteiger partial charge in [0.15, 0.2) is 12.2 Å². The third-order valence-corrected chi connectivity index (χ3v) is 19.8. The maximum absolute atomic E-state index is 13.1. The average molecular weight is 1400 g/mol. The van der Waals surface area contributed by atoms with Crippen molar-refractivity contribution in [2.45, 2.75) is 401 Å². The van der Waals surface area contributed by atoms with Crippen LogP contribution < -0.4 is 0 Å². The first kappa shape index (κ1) is 93.1. The van der Waals surface area contributed by atoms with Crippen molar-refractivity contribution < 1.29 is 80.2 Å². The van der Waals surface area contributed by atoms with Crippen LogP contribution in [0.5, 0.6) is 0 Å². The topological polar surface area (TPSA) is 237 Å². The Morgan fingerprint density at radius 2 is 0.505 bits per heavy atom. The van der Waals surface area contributed by atoms with Crippen LogP contribution in [-0.2, 0) is 65.4 Å². The maximum Gasteiger partial charge on any atom is 0.472 e. The van der Waals surface area contributed by atoms with E-state index >= 15 is 0 Å². The van der Waals surface area contributed by atoms with Gasteiger partial charge in [0.25, 0.3) is 0 Å². The SMILES string of the molecule is CCC(C)CCCCCCCCCCC(=O)O[C@H](COC(=O)CCCCCCCCCCCCC(C)C)COP(=O)(O)OCC(O)COP(=O)(O)OC[C@@H](COC(=O)CCCCCCCCC(C)C)OC(=O)CCCCCCCCCCCCCCCCCCCCC(C)C. The van der Waals surface area contributed by atoms with E-state index < -0.39 is 97.5 Å². The third-order valence-electron chi connectivity index (χ3n) is 17.9. The molecular formula is C76H148O17P2. The molecule has 95 heavy (non-hydrogen) atoms. The lowest BCUT2D eigenvalue weighted by molar-refractivity contribution is -0.161. The number of esters is 4. The highest BCUT2D eigenvalue weighted by atomic mass is 31.2. The van der Waals surface area contributed by atoms with Crippen LogP contribution >= 0.6 is 15.6 Å².